The first kappa shape index (κ1) is 16.7. The van der Waals surface area contributed by atoms with Crippen LogP contribution in [0, 0.1) is 11.8 Å². The van der Waals surface area contributed by atoms with Gasteiger partial charge in [0.25, 0.3) is 5.91 Å². The van der Waals surface area contributed by atoms with Crippen LogP contribution < -0.4 is 14.8 Å². The summed E-state index contributed by atoms with van der Waals surface area (Å²) < 4.78 is 10.7. The predicted octanol–water partition coefficient (Wildman–Crippen LogP) is 2.92. The van der Waals surface area contributed by atoms with E-state index >= 15 is 0 Å². The molecular weight excluding hydrogens is 314 g/mol. The molecule has 0 saturated heterocycles. The van der Waals surface area contributed by atoms with Gasteiger partial charge >= 0.3 is 0 Å². The molecule has 0 aromatic heterocycles. The van der Waals surface area contributed by atoms with Crippen LogP contribution in [0.5, 0.6) is 11.5 Å². The van der Waals surface area contributed by atoms with Crippen molar-refractivity contribution in [3.63, 3.8) is 0 Å². The Labute approximate surface area is 140 Å². The minimum atomic E-state index is -0.227. The lowest BCUT2D eigenvalue weighted by molar-refractivity contribution is -0.122. The largest absolute Gasteiger partial charge is 0.484 e. The summed E-state index contributed by atoms with van der Waals surface area (Å²) in [5, 5.41) is 3.19. The van der Waals surface area contributed by atoms with E-state index in [1.54, 1.807) is 24.3 Å². The monoisotopic (exact) mass is 329 g/mol. The highest BCUT2D eigenvalue weighted by Gasteiger charge is 2.00. The van der Waals surface area contributed by atoms with E-state index in [4.69, 9.17) is 21.1 Å². The highest BCUT2D eigenvalue weighted by Crippen LogP contribution is 2.22. The first-order chi connectivity index (χ1) is 11.3. The van der Waals surface area contributed by atoms with E-state index in [1.165, 1.54) is 0 Å². The molecule has 0 atom stereocenters. The molecule has 0 aliphatic carbocycles. The number of carbonyl (C=O) groups excluding carboxylic acids is 1. The van der Waals surface area contributed by atoms with Gasteiger partial charge in [-0.05, 0) is 24.3 Å². The van der Waals surface area contributed by atoms with E-state index in [1.807, 2.05) is 30.3 Å². The fourth-order valence-corrected chi connectivity index (χ4v) is 1.84. The molecule has 1 N–H and O–H groups in total. The van der Waals surface area contributed by atoms with Gasteiger partial charge in [0.15, 0.2) is 6.61 Å². The highest BCUT2D eigenvalue weighted by atomic mass is 35.5. The third-order valence-corrected chi connectivity index (χ3v) is 3.06. The molecular formula is C18H16ClNO3. The number of para-hydroxylation sites is 2. The van der Waals surface area contributed by atoms with Gasteiger partial charge in [-0.25, -0.2) is 0 Å². The lowest BCUT2D eigenvalue weighted by atomic mass is 10.3. The topological polar surface area (TPSA) is 47.6 Å². The summed E-state index contributed by atoms with van der Waals surface area (Å²) in [7, 11) is 0. The SMILES string of the molecule is O=C(COc1ccccc1)NCC#CCOc1ccccc1Cl. The molecule has 0 aliphatic heterocycles. The van der Waals surface area contributed by atoms with Crippen LogP contribution in [-0.4, -0.2) is 25.7 Å². The lowest BCUT2D eigenvalue weighted by Gasteiger charge is -2.05. The van der Waals surface area contributed by atoms with Crippen molar-refractivity contribution < 1.29 is 14.3 Å². The maximum Gasteiger partial charge on any atom is 0.258 e. The first-order valence-electron chi connectivity index (χ1n) is 7.03. The molecule has 4 nitrogen and oxygen atoms in total. The van der Waals surface area contributed by atoms with E-state index < -0.39 is 0 Å². The standard InChI is InChI=1S/C18H16ClNO3/c19-16-10-4-5-11-17(16)22-13-7-6-12-20-18(21)14-23-15-8-2-1-3-9-15/h1-5,8-11H,12-14H2,(H,20,21). The van der Waals surface area contributed by atoms with Crippen molar-refractivity contribution in [2.75, 3.05) is 19.8 Å². The van der Waals surface area contributed by atoms with E-state index in [9.17, 15) is 4.79 Å². The number of benzene rings is 2. The number of ether oxygens (including phenoxy) is 2. The predicted molar refractivity (Wildman–Crippen MR) is 89.7 cm³/mol. The number of halogens is 1. The number of nitrogens with one attached hydrogen (secondary N) is 1. The minimum Gasteiger partial charge on any atom is -0.484 e. The molecule has 5 heteroatoms. The Morgan fingerprint density at radius 2 is 1.74 bits per heavy atom. The summed E-state index contributed by atoms with van der Waals surface area (Å²) in [6.07, 6.45) is 0. The van der Waals surface area contributed by atoms with Crippen molar-refractivity contribution in [2.45, 2.75) is 0 Å². The molecule has 0 heterocycles. The van der Waals surface area contributed by atoms with E-state index in [2.05, 4.69) is 17.2 Å². The van der Waals surface area contributed by atoms with E-state index in [0.717, 1.165) is 0 Å². The van der Waals surface area contributed by atoms with Gasteiger partial charge in [-0.2, -0.15) is 0 Å². The summed E-state index contributed by atoms with van der Waals surface area (Å²) >= 11 is 5.95. The molecule has 0 unspecified atom stereocenters. The van der Waals surface area contributed by atoms with Crippen LogP contribution in [0.4, 0.5) is 0 Å². The second-order valence-corrected chi connectivity index (χ2v) is 4.86. The van der Waals surface area contributed by atoms with Gasteiger partial charge in [0.2, 0.25) is 0 Å². The molecule has 0 spiro atoms. The van der Waals surface area contributed by atoms with Crippen LogP contribution in [0.2, 0.25) is 5.02 Å². The quantitative estimate of drug-likeness (QED) is 0.829. The van der Waals surface area contributed by atoms with Gasteiger partial charge in [0, 0.05) is 0 Å². The molecule has 0 aliphatic rings. The molecule has 0 bridgehead atoms. The summed E-state index contributed by atoms with van der Waals surface area (Å²) in [5.74, 6) is 6.62. The second-order valence-electron chi connectivity index (χ2n) is 4.45. The van der Waals surface area contributed by atoms with Crippen molar-refractivity contribution in [3.8, 4) is 23.3 Å². The molecule has 0 radical (unpaired) electrons. The van der Waals surface area contributed by atoms with Crippen molar-refractivity contribution in [1.82, 2.24) is 5.32 Å². The van der Waals surface area contributed by atoms with Gasteiger partial charge in [-0.1, -0.05) is 53.8 Å². The fourth-order valence-electron chi connectivity index (χ4n) is 1.65. The molecule has 2 rings (SSSR count). The smallest absolute Gasteiger partial charge is 0.258 e. The minimum absolute atomic E-state index is 0.0399. The molecule has 1 amide bonds. The number of hydrogen-bond acceptors (Lipinski definition) is 3. The number of hydrogen-bond donors (Lipinski definition) is 1. The van der Waals surface area contributed by atoms with Crippen molar-refractivity contribution in [3.05, 3.63) is 59.6 Å². The zero-order valence-electron chi connectivity index (χ0n) is 12.4. The average molecular weight is 330 g/mol. The molecule has 23 heavy (non-hydrogen) atoms. The van der Waals surface area contributed by atoms with Crippen LogP contribution in [0.3, 0.4) is 0 Å². The van der Waals surface area contributed by atoms with Crippen LogP contribution in [0.15, 0.2) is 54.6 Å². The highest BCUT2D eigenvalue weighted by molar-refractivity contribution is 6.32. The maximum atomic E-state index is 11.6. The summed E-state index contributed by atoms with van der Waals surface area (Å²) in [6.45, 7) is 0.408. The van der Waals surface area contributed by atoms with Gasteiger partial charge < -0.3 is 14.8 Å². The molecule has 0 fully saturated rings. The van der Waals surface area contributed by atoms with E-state index in [0.29, 0.717) is 16.5 Å². The number of amides is 1. The number of carbonyl (C=O) groups is 1. The van der Waals surface area contributed by atoms with Gasteiger partial charge in [0.05, 0.1) is 11.6 Å². The second kappa shape index (κ2) is 9.39. The molecule has 2 aromatic carbocycles. The Morgan fingerprint density at radius 3 is 2.52 bits per heavy atom. The Bertz CT molecular complexity index is 692. The normalized spacial score (nSPS) is 9.43. The third kappa shape index (κ3) is 6.33. The Morgan fingerprint density at radius 1 is 1.00 bits per heavy atom. The van der Waals surface area contributed by atoms with Crippen molar-refractivity contribution in [1.29, 1.82) is 0 Å². The molecule has 0 saturated carbocycles. The number of rotatable bonds is 6. The Hall–Kier alpha value is -2.64. The van der Waals surface area contributed by atoms with Gasteiger partial charge in [0.1, 0.15) is 18.1 Å². The first-order valence-corrected chi connectivity index (χ1v) is 7.41. The van der Waals surface area contributed by atoms with Crippen LogP contribution >= 0.6 is 11.6 Å². The summed E-state index contributed by atoms with van der Waals surface area (Å²) in [5.41, 5.74) is 0. The molecule has 2 aromatic rings. The Kier molecular flexibility index (Phi) is 6.83. The zero-order valence-corrected chi connectivity index (χ0v) is 13.2. The van der Waals surface area contributed by atoms with Crippen LogP contribution in [-0.2, 0) is 4.79 Å². The average Bonchev–Trinajstić information content (AvgIpc) is 2.58. The van der Waals surface area contributed by atoms with Gasteiger partial charge in [-0.3, -0.25) is 4.79 Å². The van der Waals surface area contributed by atoms with E-state index in [-0.39, 0.29) is 25.7 Å². The lowest BCUT2D eigenvalue weighted by Crippen LogP contribution is -2.29. The van der Waals surface area contributed by atoms with Gasteiger partial charge in [-0.15, -0.1) is 0 Å². The third-order valence-electron chi connectivity index (χ3n) is 2.75. The van der Waals surface area contributed by atoms with Crippen LogP contribution in [0.25, 0.3) is 0 Å². The fraction of sp³-hybridized carbons (Fsp3) is 0.167. The summed E-state index contributed by atoms with van der Waals surface area (Å²) in [4.78, 5) is 11.6. The molecule has 118 valence electrons. The maximum absolute atomic E-state index is 11.6. The van der Waals surface area contributed by atoms with Crippen molar-refractivity contribution in [2.24, 2.45) is 0 Å². The Balaban J connectivity index is 1.61. The van der Waals surface area contributed by atoms with Crippen molar-refractivity contribution >= 4 is 17.5 Å². The van der Waals surface area contributed by atoms with Crippen LogP contribution in [0.1, 0.15) is 0 Å². The zero-order chi connectivity index (χ0) is 16.3. The summed E-state index contributed by atoms with van der Waals surface area (Å²) in [6, 6.07) is 16.3.